The molecule has 1 aromatic heterocycles. The molecule has 0 unspecified atom stereocenters. The van der Waals surface area contributed by atoms with Crippen LogP contribution in [0.3, 0.4) is 0 Å². The fraction of sp³-hybridized carbons (Fsp3) is 0.158. The van der Waals surface area contributed by atoms with Gasteiger partial charge in [0, 0.05) is 17.6 Å². The number of carbonyl (C=O) groups excluding carboxylic acids is 1. The Kier molecular flexibility index (Phi) is 4.37. The predicted molar refractivity (Wildman–Crippen MR) is 101 cm³/mol. The number of methoxy groups -OCH3 is 1. The number of nitrogens with zero attached hydrogens (tertiary/aromatic N) is 2. The van der Waals surface area contributed by atoms with Crippen LogP contribution >= 0.6 is 11.6 Å². The highest BCUT2D eigenvalue weighted by Crippen LogP contribution is 2.36. The summed E-state index contributed by atoms with van der Waals surface area (Å²) < 4.78 is 17.6. The first-order chi connectivity index (χ1) is 13.0. The van der Waals surface area contributed by atoms with Crippen molar-refractivity contribution in [1.82, 2.24) is 9.78 Å². The first kappa shape index (κ1) is 17.2. The zero-order valence-electron chi connectivity index (χ0n) is 14.7. The van der Waals surface area contributed by atoms with Crippen LogP contribution in [0.2, 0.25) is 5.02 Å². The molecule has 0 radical (unpaired) electrons. The van der Waals surface area contributed by atoms with Gasteiger partial charge < -0.3 is 19.5 Å². The maximum absolute atomic E-state index is 12.6. The van der Waals surface area contributed by atoms with E-state index in [2.05, 4.69) is 10.4 Å². The van der Waals surface area contributed by atoms with Crippen LogP contribution in [0.4, 0.5) is 5.69 Å². The molecule has 2 heterocycles. The lowest BCUT2D eigenvalue weighted by Crippen LogP contribution is -2.13. The van der Waals surface area contributed by atoms with Gasteiger partial charge in [-0.15, -0.1) is 0 Å². The molecule has 0 spiro atoms. The van der Waals surface area contributed by atoms with Gasteiger partial charge in [0.05, 0.1) is 18.5 Å². The molecule has 3 aromatic rings. The zero-order chi connectivity index (χ0) is 19.0. The molecule has 8 heteroatoms. The molecule has 1 aliphatic rings. The second kappa shape index (κ2) is 6.85. The van der Waals surface area contributed by atoms with Gasteiger partial charge in [0.25, 0.3) is 5.91 Å². The highest BCUT2D eigenvalue weighted by Gasteiger charge is 2.19. The quantitative estimate of drug-likeness (QED) is 0.740. The summed E-state index contributed by atoms with van der Waals surface area (Å²) in [6.07, 6.45) is 0. The van der Waals surface area contributed by atoms with Gasteiger partial charge >= 0.3 is 0 Å². The van der Waals surface area contributed by atoms with Crippen molar-refractivity contribution in [2.75, 3.05) is 19.2 Å². The van der Waals surface area contributed by atoms with E-state index in [0.717, 1.165) is 11.3 Å². The van der Waals surface area contributed by atoms with Crippen molar-refractivity contribution >= 4 is 23.2 Å². The summed E-state index contributed by atoms with van der Waals surface area (Å²) in [6.45, 7) is 0.208. The van der Waals surface area contributed by atoms with Gasteiger partial charge in [0.1, 0.15) is 5.75 Å². The lowest BCUT2D eigenvalue weighted by Gasteiger charge is -2.09. The number of aryl methyl sites for hydroxylation is 1. The van der Waals surface area contributed by atoms with Crippen LogP contribution < -0.4 is 19.5 Å². The van der Waals surface area contributed by atoms with Crippen molar-refractivity contribution in [3.05, 3.63) is 53.2 Å². The predicted octanol–water partition coefficient (Wildman–Crippen LogP) is 3.73. The molecule has 0 fully saturated rings. The van der Waals surface area contributed by atoms with Gasteiger partial charge in [-0.25, -0.2) is 0 Å². The summed E-state index contributed by atoms with van der Waals surface area (Å²) in [5.74, 6) is 1.52. The molecule has 0 atom stereocenters. The highest BCUT2D eigenvalue weighted by atomic mass is 35.5. The summed E-state index contributed by atoms with van der Waals surface area (Å²) in [7, 11) is 3.30. The highest BCUT2D eigenvalue weighted by molar-refractivity contribution is 6.31. The number of anilines is 1. The topological polar surface area (TPSA) is 74.6 Å². The lowest BCUT2D eigenvalue weighted by atomic mass is 10.1. The molecule has 7 nitrogen and oxygen atoms in total. The fourth-order valence-electron chi connectivity index (χ4n) is 2.87. The normalized spacial score (nSPS) is 12.1. The average Bonchev–Trinajstić information content (AvgIpc) is 3.27. The number of amides is 1. The van der Waals surface area contributed by atoms with E-state index in [1.165, 1.54) is 7.11 Å². The number of hydrogen-bond donors (Lipinski definition) is 1. The Balaban J connectivity index is 1.61. The van der Waals surface area contributed by atoms with Gasteiger partial charge in [-0.1, -0.05) is 11.6 Å². The van der Waals surface area contributed by atoms with Gasteiger partial charge in [-0.3, -0.25) is 9.48 Å². The number of hydrogen-bond acceptors (Lipinski definition) is 5. The summed E-state index contributed by atoms with van der Waals surface area (Å²) in [6, 6.07) is 12.3. The summed E-state index contributed by atoms with van der Waals surface area (Å²) >= 11 is 6.01. The summed E-state index contributed by atoms with van der Waals surface area (Å²) in [5, 5.41) is 7.59. The number of fused-ring (bicyclic) bond motifs is 1. The molecule has 0 saturated heterocycles. The van der Waals surface area contributed by atoms with Crippen molar-refractivity contribution in [3.63, 3.8) is 0 Å². The van der Waals surface area contributed by atoms with Gasteiger partial charge in [-0.05, 0) is 42.5 Å². The van der Waals surface area contributed by atoms with E-state index in [1.807, 2.05) is 18.2 Å². The fourth-order valence-corrected chi connectivity index (χ4v) is 3.04. The molecule has 2 aromatic carbocycles. The molecule has 0 saturated carbocycles. The Labute approximate surface area is 160 Å². The molecular formula is C19H16ClN3O4. The number of rotatable bonds is 4. The van der Waals surface area contributed by atoms with Crippen molar-refractivity contribution in [3.8, 4) is 28.5 Å². The SMILES string of the molecule is COc1ccc(Cl)cc1NC(=O)c1cc(-c2ccc3c(c2)OCO3)n(C)n1. The monoisotopic (exact) mass is 385 g/mol. The second-order valence-corrected chi connectivity index (χ2v) is 6.34. The Morgan fingerprint density at radius 3 is 2.81 bits per heavy atom. The molecule has 1 amide bonds. The summed E-state index contributed by atoms with van der Waals surface area (Å²) in [4.78, 5) is 12.6. The molecule has 1 N–H and O–H groups in total. The van der Waals surface area contributed by atoms with Crippen LogP contribution in [0.5, 0.6) is 17.2 Å². The molecule has 27 heavy (non-hydrogen) atoms. The van der Waals surface area contributed by atoms with Crippen LogP contribution in [0.15, 0.2) is 42.5 Å². The number of benzene rings is 2. The van der Waals surface area contributed by atoms with E-state index in [4.69, 9.17) is 25.8 Å². The Morgan fingerprint density at radius 1 is 1.19 bits per heavy atom. The molecule has 0 aliphatic carbocycles. The standard InChI is InChI=1S/C19H16ClN3O4/c1-23-15(11-3-5-17-18(7-11)27-10-26-17)9-14(22-23)19(24)21-13-8-12(20)4-6-16(13)25-2/h3-9H,10H2,1-2H3,(H,21,24). The Bertz CT molecular complexity index is 1030. The minimum Gasteiger partial charge on any atom is -0.495 e. The average molecular weight is 386 g/mol. The molecular weight excluding hydrogens is 370 g/mol. The van der Waals surface area contributed by atoms with E-state index in [-0.39, 0.29) is 18.4 Å². The maximum Gasteiger partial charge on any atom is 0.276 e. The van der Waals surface area contributed by atoms with Gasteiger partial charge in [0.2, 0.25) is 6.79 Å². The largest absolute Gasteiger partial charge is 0.495 e. The third-order valence-electron chi connectivity index (χ3n) is 4.19. The molecule has 1 aliphatic heterocycles. The van der Waals surface area contributed by atoms with Crippen LogP contribution in [-0.2, 0) is 7.05 Å². The number of carbonyl (C=O) groups is 1. The third-order valence-corrected chi connectivity index (χ3v) is 4.43. The molecule has 0 bridgehead atoms. The molecule has 138 valence electrons. The number of nitrogens with one attached hydrogen (secondary N) is 1. The summed E-state index contributed by atoms with van der Waals surface area (Å²) in [5.41, 5.74) is 2.39. The molecule has 4 rings (SSSR count). The van der Waals surface area contributed by atoms with Crippen LogP contribution in [-0.4, -0.2) is 29.6 Å². The first-order valence-electron chi connectivity index (χ1n) is 8.14. The van der Waals surface area contributed by atoms with E-state index >= 15 is 0 Å². The van der Waals surface area contributed by atoms with Crippen molar-refractivity contribution in [1.29, 1.82) is 0 Å². The minimum absolute atomic E-state index is 0.208. The van der Waals surface area contributed by atoms with E-state index < -0.39 is 0 Å². The van der Waals surface area contributed by atoms with E-state index in [9.17, 15) is 4.79 Å². The van der Waals surface area contributed by atoms with Crippen molar-refractivity contribution in [2.24, 2.45) is 7.05 Å². The van der Waals surface area contributed by atoms with Crippen LogP contribution in [0.1, 0.15) is 10.5 Å². The van der Waals surface area contributed by atoms with E-state index in [1.54, 1.807) is 36.0 Å². The first-order valence-corrected chi connectivity index (χ1v) is 8.52. The van der Waals surface area contributed by atoms with Crippen LogP contribution in [0.25, 0.3) is 11.3 Å². The van der Waals surface area contributed by atoms with Crippen molar-refractivity contribution in [2.45, 2.75) is 0 Å². The minimum atomic E-state index is -0.363. The third kappa shape index (κ3) is 3.29. The number of aromatic nitrogens is 2. The number of halogens is 1. The second-order valence-electron chi connectivity index (χ2n) is 5.91. The Hall–Kier alpha value is -3.19. The van der Waals surface area contributed by atoms with Crippen LogP contribution in [0, 0.1) is 0 Å². The maximum atomic E-state index is 12.6. The van der Waals surface area contributed by atoms with E-state index in [0.29, 0.717) is 28.0 Å². The van der Waals surface area contributed by atoms with Crippen molar-refractivity contribution < 1.29 is 19.0 Å². The van der Waals surface area contributed by atoms with Gasteiger partial charge in [-0.2, -0.15) is 5.10 Å². The zero-order valence-corrected chi connectivity index (χ0v) is 15.4. The number of ether oxygens (including phenoxy) is 3. The Morgan fingerprint density at radius 2 is 2.00 bits per heavy atom. The lowest BCUT2D eigenvalue weighted by molar-refractivity contribution is 0.102. The van der Waals surface area contributed by atoms with Gasteiger partial charge in [0.15, 0.2) is 17.2 Å². The smallest absolute Gasteiger partial charge is 0.276 e.